The van der Waals surface area contributed by atoms with E-state index in [9.17, 15) is 9.90 Å². The zero-order chi connectivity index (χ0) is 25.0. The highest BCUT2D eigenvalue weighted by Gasteiger charge is 2.50. The zero-order valence-corrected chi connectivity index (χ0v) is 21.0. The van der Waals surface area contributed by atoms with E-state index in [1.165, 1.54) is 0 Å². The van der Waals surface area contributed by atoms with Gasteiger partial charge in [-0.3, -0.25) is 4.79 Å². The van der Waals surface area contributed by atoms with E-state index in [0.29, 0.717) is 36.0 Å². The number of ether oxygens (including phenoxy) is 4. The van der Waals surface area contributed by atoms with E-state index in [1.807, 2.05) is 41.3 Å². The van der Waals surface area contributed by atoms with E-state index in [2.05, 4.69) is 0 Å². The van der Waals surface area contributed by atoms with Crippen molar-refractivity contribution in [2.45, 2.75) is 43.7 Å². The number of hydrogen-bond acceptors (Lipinski definition) is 6. The molecule has 0 radical (unpaired) electrons. The van der Waals surface area contributed by atoms with E-state index < -0.39 is 5.60 Å². The Morgan fingerprint density at radius 3 is 2.43 bits per heavy atom. The van der Waals surface area contributed by atoms with Crippen LogP contribution in [-0.4, -0.2) is 56.5 Å². The highest BCUT2D eigenvalue weighted by atomic mass is 16.5. The number of aliphatic hydroxyl groups is 1. The van der Waals surface area contributed by atoms with Gasteiger partial charge in [-0.05, 0) is 55.2 Å². The van der Waals surface area contributed by atoms with E-state index in [4.69, 9.17) is 18.9 Å². The van der Waals surface area contributed by atoms with Crippen molar-refractivity contribution in [3.8, 4) is 23.0 Å². The zero-order valence-electron chi connectivity index (χ0n) is 21.0. The van der Waals surface area contributed by atoms with Gasteiger partial charge in [0.25, 0.3) is 0 Å². The lowest BCUT2D eigenvalue weighted by Crippen LogP contribution is -2.56. The lowest BCUT2D eigenvalue weighted by Gasteiger charge is -2.52. The number of nitrogens with zero attached hydrogens (tertiary/aromatic N) is 1. The quantitative estimate of drug-likeness (QED) is 0.581. The van der Waals surface area contributed by atoms with Crippen LogP contribution in [0.4, 0.5) is 0 Å². The van der Waals surface area contributed by atoms with Gasteiger partial charge in [0, 0.05) is 30.2 Å². The Morgan fingerprint density at radius 1 is 0.943 bits per heavy atom. The Balaban J connectivity index is 1.68. The molecule has 7 nitrogen and oxygen atoms in total. The van der Waals surface area contributed by atoms with Crippen LogP contribution >= 0.6 is 0 Å². The first-order valence-electron chi connectivity index (χ1n) is 12.1. The van der Waals surface area contributed by atoms with Crippen LogP contribution < -0.4 is 18.9 Å². The van der Waals surface area contributed by atoms with Crippen LogP contribution in [0.3, 0.4) is 0 Å². The topological polar surface area (TPSA) is 77.5 Å². The maximum absolute atomic E-state index is 13.6. The third-order valence-corrected chi connectivity index (χ3v) is 7.44. The van der Waals surface area contributed by atoms with Gasteiger partial charge in [-0.2, -0.15) is 0 Å². The molecule has 1 N–H and O–H groups in total. The van der Waals surface area contributed by atoms with E-state index in [1.54, 1.807) is 40.6 Å². The average molecular weight is 482 g/mol. The number of amides is 1. The van der Waals surface area contributed by atoms with Crippen molar-refractivity contribution in [2.75, 3.05) is 35.0 Å². The molecule has 1 saturated heterocycles. The summed E-state index contributed by atoms with van der Waals surface area (Å²) in [7, 11) is 6.41. The second-order valence-electron chi connectivity index (χ2n) is 9.24. The Bertz CT molecular complexity index is 1080. The van der Waals surface area contributed by atoms with Crippen LogP contribution in [0.25, 0.3) is 6.08 Å². The summed E-state index contributed by atoms with van der Waals surface area (Å²) in [5.74, 6) is 2.42. The molecule has 1 aliphatic carbocycles. The second-order valence-corrected chi connectivity index (χ2v) is 9.24. The molecule has 2 unspecified atom stereocenters. The molecule has 3 atom stereocenters. The molecule has 2 aliphatic rings. The van der Waals surface area contributed by atoms with Crippen LogP contribution in [0.15, 0.2) is 42.5 Å². The SMILES string of the molecule is COc1ccc([C@H]2C3CCCCC3(O)CCN2C(=O)C=Cc2ccc(OC)c(OC)c2)c(OC)c1. The number of hydrogen-bond donors (Lipinski definition) is 1. The Hall–Kier alpha value is -3.19. The minimum absolute atomic E-state index is 0.0641. The molecule has 4 rings (SSSR count). The summed E-state index contributed by atoms with van der Waals surface area (Å²) in [6.45, 7) is 0.474. The Morgan fingerprint density at radius 2 is 1.71 bits per heavy atom. The fourth-order valence-electron chi connectivity index (χ4n) is 5.60. The predicted octanol–water partition coefficient (Wildman–Crippen LogP) is 4.63. The molecule has 2 fully saturated rings. The van der Waals surface area contributed by atoms with Crippen molar-refractivity contribution >= 4 is 12.0 Å². The summed E-state index contributed by atoms with van der Waals surface area (Å²) in [4.78, 5) is 15.5. The molecule has 2 aromatic carbocycles. The molecule has 0 spiro atoms. The minimum atomic E-state index is -0.780. The summed E-state index contributed by atoms with van der Waals surface area (Å²) in [6.07, 6.45) is 7.61. The largest absolute Gasteiger partial charge is 0.497 e. The first kappa shape index (κ1) is 24.9. The van der Waals surface area contributed by atoms with Crippen molar-refractivity contribution < 1.29 is 28.8 Å². The first-order valence-corrected chi connectivity index (χ1v) is 12.1. The number of likely N-dealkylation sites (tertiary alicyclic amines) is 1. The van der Waals surface area contributed by atoms with E-state index in [-0.39, 0.29) is 17.9 Å². The van der Waals surface area contributed by atoms with Gasteiger partial charge in [0.1, 0.15) is 11.5 Å². The van der Waals surface area contributed by atoms with Gasteiger partial charge in [0.2, 0.25) is 5.91 Å². The average Bonchev–Trinajstić information content (AvgIpc) is 2.90. The van der Waals surface area contributed by atoms with Crippen molar-refractivity contribution in [3.05, 3.63) is 53.6 Å². The van der Waals surface area contributed by atoms with Crippen molar-refractivity contribution in [2.24, 2.45) is 5.92 Å². The van der Waals surface area contributed by atoms with Crippen LogP contribution in [0.1, 0.15) is 49.3 Å². The van der Waals surface area contributed by atoms with Crippen molar-refractivity contribution in [1.82, 2.24) is 4.90 Å². The number of benzene rings is 2. The number of methoxy groups -OCH3 is 4. The molecule has 2 aromatic rings. The summed E-state index contributed by atoms with van der Waals surface area (Å²) in [5, 5.41) is 11.6. The van der Waals surface area contributed by atoms with E-state index >= 15 is 0 Å². The molecular formula is C28H35NO6. The van der Waals surface area contributed by atoms with Crippen LogP contribution in [-0.2, 0) is 4.79 Å². The molecule has 1 heterocycles. The van der Waals surface area contributed by atoms with Gasteiger partial charge >= 0.3 is 0 Å². The molecule has 0 aromatic heterocycles. The summed E-state index contributed by atoms with van der Waals surface area (Å²) in [5.41, 5.74) is 0.949. The molecule has 188 valence electrons. The van der Waals surface area contributed by atoms with Gasteiger partial charge in [-0.1, -0.05) is 18.9 Å². The number of rotatable bonds is 7. The minimum Gasteiger partial charge on any atom is -0.497 e. The van der Waals surface area contributed by atoms with Crippen LogP contribution in [0.5, 0.6) is 23.0 Å². The Kier molecular flexibility index (Phi) is 7.55. The van der Waals surface area contributed by atoms with Gasteiger partial charge in [-0.25, -0.2) is 0 Å². The first-order chi connectivity index (χ1) is 16.9. The second kappa shape index (κ2) is 10.6. The lowest BCUT2D eigenvalue weighted by molar-refractivity contribution is -0.151. The predicted molar refractivity (Wildman–Crippen MR) is 134 cm³/mol. The molecular weight excluding hydrogens is 446 g/mol. The summed E-state index contributed by atoms with van der Waals surface area (Å²) < 4.78 is 21.8. The molecule has 7 heteroatoms. The lowest BCUT2D eigenvalue weighted by atomic mass is 9.66. The third kappa shape index (κ3) is 4.96. The Labute approximate surface area is 207 Å². The molecule has 1 aliphatic heterocycles. The maximum atomic E-state index is 13.6. The van der Waals surface area contributed by atoms with Crippen molar-refractivity contribution in [1.29, 1.82) is 0 Å². The number of piperidine rings is 1. The normalized spacial score (nSPS) is 24.1. The van der Waals surface area contributed by atoms with Crippen LogP contribution in [0, 0.1) is 5.92 Å². The molecule has 1 amide bonds. The van der Waals surface area contributed by atoms with Gasteiger partial charge < -0.3 is 29.0 Å². The summed E-state index contributed by atoms with van der Waals surface area (Å²) >= 11 is 0. The van der Waals surface area contributed by atoms with Crippen molar-refractivity contribution in [3.63, 3.8) is 0 Å². The molecule has 1 saturated carbocycles. The van der Waals surface area contributed by atoms with E-state index in [0.717, 1.165) is 36.8 Å². The van der Waals surface area contributed by atoms with Gasteiger partial charge in [0.15, 0.2) is 11.5 Å². The highest BCUT2D eigenvalue weighted by Crippen LogP contribution is 2.51. The van der Waals surface area contributed by atoms with Gasteiger partial charge in [0.05, 0.1) is 40.1 Å². The third-order valence-electron chi connectivity index (χ3n) is 7.44. The number of carbonyl (C=O) groups excluding carboxylic acids is 1. The molecule has 35 heavy (non-hydrogen) atoms. The number of fused-ring (bicyclic) bond motifs is 1. The monoisotopic (exact) mass is 481 g/mol. The maximum Gasteiger partial charge on any atom is 0.247 e. The fraction of sp³-hybridized carbons (Fsp3) is 0.464. The van der Waals surface area contributed by atoms with Crippen LogP contribution in [0.2, 0.25) is 0 Å². The smallest absolute Gasteiger partial charge is 0.247 e. The summed E-state index contributed by atoms with van der Waals surface area (Å²) in [6, 6.07) is 10.9. The molecule has 0 bridgehead atoms. The highest BCUT2D eigenvalue weighted by molar-refractivity contribution is 5.92. The number of carbonyl (C=O) groups is 1. The fourth-order valence-corrected chi connectivity index (χ4v) is 5.60. The van der Waals surface area contributed by atoms with Gasteiger partial charge in [-0.15, -0.1) is 0 Å². The standard InChI is InChI=1S/C28H35NO6/c1-32-20-10-11-21(24(18-20)34-3)27-22-7-5-6-14-28(22,31)15-16-29(27)26(30)13-9-19-8-12-23(33-2)25(17-19)35-4/h8-13,17-18,22,27,31H,5-7,14-16H2,1-4H3/t22?,27-,28?/m0/s1.